The summed E-state index contributed by atoms with van der Waals surface area (Å²) in [5, 5.41) is 49.8. The van der Waals surface area contributed by atoms with Crippen LogP contribution in [0.15, 0.2) is 29.8 Å². The van der Waals surface area contributed by atoms with Gasteiger partial charge in [0.05, 0.1) is 6.10 Å². The van der Waals surface area contributed by atoms with Gasteiger partial charge in [0, 0.05) is 11.3 Å². The first-order valence-electron chi connectivity index (χ1n) is 11.3. The quantitative estimate of drug-likeness (QED) is 0.436. The molecule has 0 unspecified atom stereocenters. The third-order valence-electron chi connectivity index (χ3n) is 8.18. The van der Waals surface area contributed by atoms with Gasteiger partial charge in [0.1, 0.15) is 24.1 Å². The number of fused-ring (bicyclic) bond motifs is 5. The molecule has 1 aromatic rings. The molecular formula is C24H30O8. The summed E-state index contributed by atoms with van der Waals surface area (Å²) >= 11 is 0. The molecule has 0 spiro atoms. The number of benzene rings is 1. The second-order valence-corrected chi connectivity index (χ2v) is 9.86. The highest BCUT2D eigenvalue weighted by Crippen LogP contribution is 2.59. The molecule has 5 rings (SSSR count). The smallest absolute Gasteiger partial charge is 0.335 e. The zero-order valence-corrected chi connectivity index (χ0v) is 17.9. The third kappa shape index (κ3) is 3.28. The van der Waals surface area contributed by atoms with E-state index >= 15 is 0 Å². The summed E-state index contributed by atoms with van der Waals surface area (Å²) in [5.41, 5.74) is 3.73. The van der Waals surface area contributed by atoms with E-state index in [9.17, 15) is 30.3 Å². The molecule has 0 bridgehead atoms. The first-order valence-corrected chi connectivity index (χ1v) is 11.3. The number of allylic oxidation sites excluding steroid dienone is 2. The topological polar surface area (TPSA) is 137 Å². The van der Waals surface area contributed by atoms with Crippen LogP contribution in [-0.4, -0.2) is 68.3 Å². The van der Waals surface area contributed by atoms with Gasteiger partial charge in [-0.3, -0.25) is 0 Å². The van der Waals surface area contributed by atoms with Crippen molar-refractivity contribution < 1.29 is 39.8 Å². The Bertz CT molecular complexity index is 944. The van der Waals surface area contributed by atoms with E-state index in [1.807, 2.05) is 12.1 Å². The van der Waals surface area contributed by atoms with Crippen molar-refractivity contribution >= 4 is 5.97 Å². The Morgan fingerprint density at radius 3 is 2.62 bits per heavy atom. The Kier molecular flexibility index (Phi) is 5.34. The zero-order valence-electron chi connectivity index (χ0n) is 17.9. The van der Waals surface area contributed by atoms with E-state index in [0.29, 0.717) is 17.6 Å². The van der Waals surface area contributed by atoms with Crippen molar-refractivity contribution in [3.63, 3.8) is 0 Å². The maximum Gasteiger partial charge on any atom is 0.335 e. The van der Waals surface area contributed by atoms with E-state index < -0.39 is 36.7 Å². The lowest BCUT2D eigenvalue weighted by Gasteiger charge is -2.46. The molecule has 1 saturated heterocycles. The van der Waals surface area contributed by atoms with Gasteiger partial charge < -0.3 is 35.0 Å². The summed E-state index contributed by atoms with van der Waals surface area (Å²) in [6.45, 7) is 2.21. The largest absolute Gasteiger partial charge is 0.479 e. The van der Waals surface area contributed by atoms with Crippen LogP contribution < -0.4 is 4.74 Å². The van der Waals surface area contributed by atoms with Gasteiger partial charge in [0.15, 0.2) is 6.10 Å². The second-order valence-electron chi connectivity index (χ2n) is 9.86. The normalized spacial score (nSPS) is 43.0. The van der Waals surface area contributed by atoms with Crippen molar-refractivity contribution in [1.82, 2.24) is 0 Å². The molecule has 32 heavy (non-hydrogen) atoms. The molecule has 3 aliphatic carbocycles. The molecule has 1 aromatic carbocycles. The lowest BCUT2D eigenvalue weighted by molar-refractivity contribution is -0.271. The fraction of sp³-hybridized carbons (Fsp3) is 0.625. The number of rotatable bonds is 3. The average molecular weight is 446 g/mol. The lowest BCUT2D eigenvalue weighted by Crippen LogP contribution is -2.61. The zero-order chi connectivity index (χ0) is 22.8. The van der Waals surface area contributed by atoms with Crippen LogP contribution in [-0.2, 0) is 16.0 Å². The van der Waals surface area contributed by atoms with E-state index in [-0.39, 0.29) is 11.5 Å². The number of ether oxygens (including phenoxy) is 2. The fourth-order valence-electron chi connectivity index (χ4n) is 6.27. The molecule has 9 atom stereocenters. The van der Waals surface area contributed by atoms with E-state index in [4.69, 9.17) is 9.47 Å². The molecule has 4 aliphatic rings. The summed E-state index contributed by atoms with van der Waals surface area (Å²) < 4.78 is 10.9. The van der Waals surface area contributed by atoms with Crippen LogP contribution in [0.2, 0.25) is 0 Å². The molecule has 1 aliphatic heterocycles. The number of carboxylic acids is 1. The van der Waals surface area contributed by atoms with Crippen molar-refractivity contribution in [1.29, 1.82) is 0 Å². The Labute approximate surface area is 186 Å². The van der Waals surface area contributed by atoms with E-state index in [1.54, 1.807) is 6.07 Å². The first-order chi connectivity index (χ1) is 15.2. The number of aliphatic carboxylic acids is 1. The van der Waals surface area contributed by atoms with Crippen LogP contribution >= 0.6 is 0 Å². The van der Waals surface area contributed by atoms with Crippen LogP contribution in [0.3, 0.4) is 0 Å². The Balaban J connectivity index is 1.36. The highest BCUT2D eigenvalue weighted by atomic mass is 16.7. The second kappa shape index (κ2) is 7.81. The number of hydrogen-bond donors (Lipinski definition) is 5. The number of carboxylic acid groups (broad SMARTS) is 1. The summed E-state index contributed by atoms with van der Waals surface area (Å²) in [7, 11) is 0. The minimum Gasteiger partial charge on any atom is -0.479 e. The fourth-order valence-corrected chi connectivity index (χ4v) is 6.27. The molecule has 1 heterocycles. The van der Waals surface area contributed by atoms with Gasteiger partial charge >= 0.3 is 5.97 Å². The van der Waals surface area contributed by atoms with E-state index in [1.165, 1.54) is 11.1 Å². The lowest BCUT2D eigenvalue weighted by atomic mass is 9.59. The molecule has 0 aromatic heterocycles. The van der Waals surface area contributed by atoms with Crippen molar-refractivity contribution in [3.05, 3.63) is 41.0 Å². The predicted octanol–water partition coefficient (Wildman–Crippen LogP) is 1.09. The van der Waals surface area contributed by atoms with Gasteiger partial charge in [0.25, 0.3) is 0 Å². The standard InChI is InChI=1S/C24H30O8/c1-24-9-8-14-13-5-3-12(10-11(13)2-4-15(14)16(24)6-7-17(24)25)31-23-20(28)18(26)19(27)21(32-23)22(29)30/h3-5,10,14,16-21,23,25-28H,2,6-9H2,1H3,(H,29,30)/t14-,16+,17+,18+,19+,20-,21+,23-,24+/m1/s1. The third-order valence-corrected chi connectivity index (χ3v) is 8.18. The van der Waals surface area contributed by atoms with Gasteiger partial charge in [-0.25, -0.2) is 4.79 Å². The maximum atomic E-state index is 11.3. The van der Waals surface area contributed by atoms with E-state index in [0.717, 1.165) is 37.7 Å². The Hall–Kier alpha value is -1.97. The summed E-state index contributed by atoms with van der Waals surface area (Å²) in [6.07, 6.45) is -1.54. The average Bonchev–Trinajstić information content (AvgIpc) is 3.08. The van der Waals surface area contributed by atoms with Gasteiger partial charge in [-0.05, 0) is 61.3 Å². The molecule has 0 radical (unpaired) electrons. The maximum absolute atomic E-state index is 11.3. The highest BCUT2D eigenvalue weighted by molar-refractivity contribution is 5.73. The van der Waals surface area contributed by atoms with Crippen molar-refractivity contribution in [2.45, 2.75) is 81.8 Å². The van der Waals surface area contributed by atoms with Gasteiger partial charge in [0.2, 0.25) is 6.29 Å². The van der Waals surface area contributed by atoms with Crippen molar-refractivity contribution in [2.75, 3.05) is 0 Å². The number of carbonyl (C=O) groups is 1. The van der Waals surface area contributed by atoms with Gasteiger partial charge in [-0.2, -0.15) is 0 Å². The number of aliphatic hydroxyl groups is 4. The minimum atomic E-state index is -1.75. The SMILES string of the molecule is C[C@]12CC[C@H]3C(=CCc4cc(O[C@@H]5O[C@H](C(=O)O)[C@@H](O)[C@H](O)[C@H]5O)ccc43)[C@@H]1CC[C@@H]2O. The van der Waals surface area contributed by atoms with Crippen molar-refractivity contribution in [3.8, 4) is 5.75 Å². The van der Waals surface area contributed by atoms with Crippen molar-refractivity contribution in [2.24, 2.45) is 11.3 Å². The van der Waals surface area contributed by atoms with Crippen LogP contribution in [0.5, 0.6) is 5.75 Å². The van der Waals surface area contributed by atoms with Gasteiger partial charge in [-0.1, -0.05) is 24.6 Å². The van der Waals surface area contributed by atoms with Crippen LogP contribution in [0.1, 0.15) is 49.7 Å². The van der Waals surface area contributed by atoms with Gasteiger partial charge in [-0.15, -0.1) is 0 Å². The van der Waals surface area contributed by atoms with Crippen LogP contribution in [0.4, 0.5) is 0 Å². The van der Waals surface area contributed by atoms with E-state index in [2.05, 4.69) is 13.0 Å². The first kappa shape index (κ1) is 21.9. The molecule has 3 fully saturated rings. The Morgan fingerprint density at radius 1 is 1.09 bits per heavy atom. The van der Waals surface area contributed by atoms with Crippen LogP contribution in [0.25, 0.3) is 0 Å². The minimum absolute atomic E-state index is 0.0383. The number of hydrogen-bond acceptors (Lipinski definition) is 7. The monoisotopic (exact) mass is 446 g/mol. The highest BCUT2D eigenvalue weighted by Gasteiger charge is 2.52. The molecule has 8 nitrogen and oxygen atoms in total. The molecule has 2 saturated carbocycles. The summed E-state index contributed by atoms with van der Waals surface area (Å²) in [6, 6.07) is 5.64. The summed E-state index contributed by atoms with van der Waals surface area (Å²) in [5.74, 6) is -0.316. The molecular weight excluding hydrogens is 416 g/mol. The molecule has 0 amide bonds. The molecule has 8 heteroatoms. The predicted molar refractivity (Wildman–Crippen MR) is 112 cm³/mol. The molecule has 5 N–H and O–H groups in total. The Morgan fingerprint density at radius 2 is 1.88 bits per heavy atom. The molecule has 174 valence electrons. The number of aliphatic hydroxyl groups excluding tert-OH is 4. The summed E-state index contributed by atoms with van der Waals surface area (Å²) in [4.78, 5) is 11.3. The van der Waals surface area contributed by atoms with Crippen LogP contribution in [0, 0.1) is 11.3 Å².